The number of nitro groups is 1. The summed E-state index contributed by atoms with van der Waals surface area (Å²) in [5, 5.41) is 23.5. The van der Waals surface area contributed by atoms with E-state index < -0.39 is 4.92 Å². The van der Waals surface area contributed by atoms with E-state index >= 15 is 0 Å². The largest absolute Gasteiger partial charge is 0.363 e. The molecule has 0 aliphatic carbocycles. The molecule has 0 amide bonds. The molecule has 11 nitrogen and oxygen atoms in total. The van der Waals surface area contributed by atoms with Crippen LogP contribution in [-0.2, 0) is 7.05 Å². The molecule has 0 atom stereocenters. The van der Waals surface area contributed by atoms with Crippen molar-refractivity contribution >= 4 is 23.6 Å². The lowest BCUT2D eigenvalue weighted by Crippen LogP contribution is -2.20. The Bertz CT molecular complexity index is 939. The van der Waals surface area contributed by atoms with Crippen molar-refractivity contribution in [2.24, 2.45) is 12.0 Å². The summed E-state index contributed by atoms with van der Waals surface area (Å²) >= 11 is 0. The van der Waals surface area contributed by atoms with E-state index in [1.54, 1.807) is 25.5 Å². The van der Waals surface area contributed by atoms with Gasteiger partial charge < -0.3 is 15.0 Å². The van der Waals surface area contributed by atoms with Gasteiger partial charge in [-0.3, -0.25) is 0 Å². The number of rotatable bonds is 6. The molecule has 0 aliphatic rings. The van der Waals surface area contributed by atoms with E-state index in [1.807, 2.05) is 18.7 Å². The van der Waals surface area contributed by atoms with E-state index in [4.69, 9.17) is 0 Å². The normalized spacial score (nSPS) is 11.5. The third-order valence-corrected chi connectivity index (χ3v) is 3.77. The summed E-state index contributed by atoms with van der Waals surface area (Å²) in [5.41, 5.74) is 0.502. The van der Waals surface area contributed by atoms with Crippen molar-refractivity contribution in [3.63, 3.8) is 0 Å². The maximum absolute atomic E-state index is 11.0. The smallest absolute Gasteiger partial charge is 0.343 e. The second-order valence-electron chi connectivity index (χ2n) is 5.21. The van der Waals surface area contributed by atoms with Crippen LogP contribution in [0.25, 0.3) is 17.3 Å². The highest BCUT2D eigenvalue weighted by Gasteiger charge is 2.23. The van der Waals surface area contributed by atoms with Crippen LogP contribution < -0.4 is 0 Å². The van der Waals surface area contributed by atoms with Crippen molar-refractivity contribution in [2.45, 2.75) is 13.8 Å². The van der Waals surface area contributed by atoms with Gasteiger partial charge in [0, 0.05) is 13.1 Å². The molecule has 0 saturated heterocycles. The van der Waals surface area contributed by atoms with Gasteiger partial charge in [-0.2, -0.15) is 4.52 Å². The SMILES string of the molecule is CCN(C=Nc1ccc2nnc(-c3ncc([N+](=O)[O-])n3C)n2n1)CC. The fraction of sp³-hybridized carbons (Fsp3) is 0.357. The molecule has 11 heteroatoms. The monoisotopic (exact) mass is 343 g/mol. The average molecular weight is 343 g/mol. The van der Waals surface area contributed by atoms with E-state index in [0.29, 0.717) is 23.1 Å². The summed E-state index contributed by atoms with van der Waals surface area (Å²) in [4.78, 5) is 20.9. The molecular formula is C14H17N9O2. The fourth-order valence-electron chi connectivity index (χ4n) is 2.29. The zero-order valence-electron chi connectivity index (χ0n) is 14.1. The lowest BCUT2D eigenvalue weighted by atomic mass is 10.5. The van der Waals surface area contributed by atoms with E-state index in [1.165, 1.54) is 15.3 Å². The van der Waals surface area contributed by atoms with Crippen LogP contribution in [0, 0.1) is 10.1 Å². The van der Waals surface area contributed by atoms with Crippen molar-refractivity contribution in [1.29, 1.82) is 0 Å². The van der Waals surface area contributed by atoms with E-state index in [9.17, 15) is 10.1 Å². The Kier molecular flexibility index (Phi) is 4.37. The first-order valence-electron chi connectivity index (χ1n) is 7.72. The first-order valence-corrected chi connectivity index (χ1v) is 7.72. The van der Waals surface area contributed by atoms with Crippen LogP contribution in [0.15, 0.2) is 23.3 Å². The van der Waals surface area contributed by atoms with Crippen molar-refractivity contribution in [3.05, 3.63) is 28.4 Å². The highest BCUT2D eigenvalue weighted by molar-refractivity contribution is 5.61. The molecule has 3 rings (SSSR count). The molecule has 0 N–H and O–H groups in total. The Balaban J connectivity index is 2.03. The van der Waals surface area contributed by atoms with Crippen LogP contribution in [0.3, 0.4) is 0 Å². The maximum atomic E-state index is 11.0. The third kappa shape index (κ3) is 3.03. The second-order valence-corrected chi connectivity index (χ2v) is 5.21. The summed E-state index contributed by atoms with van der Waals surface area (Å²) in [6.07, 6.45) is 2.91. The number of aliphatic imine (C=N–C) groups is 1. The molecule has 0 aromatic carbocycles. The van der Waals surface area contributed by atoms with Crippen LogP contribution in [0.4, 0.5) is 11.6 Å². The number of imidazole rings is 1. The molecule has 3 heterocycles. The summed E-state index contributed by atoms with van der Waals surface area (Å²) in [6, 6.07) is 3.46. The van der Waals surface area contributed by atoms with Gasteiger partial charge >= 0.3 is 5.82 Å². The van der Waals surface area contributed by atoms with E-state index in [2.05, 4.69) is 25.3 Å². The summed E-state index contributed by atoms with van der Waals surface area (Å²) < 4.78 is 2.81. The minimum Gasteiger partial charge on any atom is -0.363 e. The summed E-state index contributed by atoms with van der Waals surface area (Å²) in [7, 11) is 1.55. The molecule has 25 heavy (non-hydrogen) atoms. The Morgan fingerprint density at radius 3 is 2.68 bits per heavy atom. The molecule has 130 valence electrons. The van der Waals surface area contributed by atoms with Gasteiger partial charge in [0.15, 0.2) is 11.5 Å². The zero-order valence-corrected chi connectivity index (χ0v) is 14.1. The van der Waals surface area contributed by atoms with E-state index in [0.717, 1.165) is 13.1 Å². The van der Waals surface area contributed by atoms with Gasteiger partial charge in [-0.1, -0.05) is 0 Å². The van der Waals surface area contributed by atoms with Crippen molar-refractivity contribution in [1.82, 2.24) is 34.3 Å². The van der Waals surface area contributed by atoms with Crippen molar-refractivity contribution in [2.75, 3.05) is 13.1 Å². The van der Waals surface area contributed by atoms with Gasteiger partial charge in [0.05, 0.1) is 13.4 Å². The highest BCUT2D eigenvalue weighted by Crippen LogP contribution is 2.21. The molecule has 0 spiro atoms. The number of hydrogen-bond donors (Lipinski definition) is 0. The Labute approximate surface area is 142 Å². The Hall–Kier alpha value is -3.37. The fourth-order valence-corrected chi connectivity index (χ4v) is 2.29. The molecule has 0 unspecified atom stereocenters. The van der Waals surface area contributed by atoms with Gasteiger partial charge in [0.25, 0.3) is 5.82 Å². The van der Waals surface area contributed by atoms with Crippen LogP contribution >= 0.6 is 0 Å². The average Bonchev–Trinajstić information content (AvgIpc) is 3.18. The van der Waals surface area contributed by atoms with Crippen molar-refractivity contribution in [3.8, 4) is 11.6 Å². The van der Waals surface area contributed by atoms with E-state index in [-0.39, 0.29) is 5.82 Å². The molecule has 3 aromatic heterocycles. The number of fused-ring (bicyclic) bond motifs is 1. The van der Waals surface area contributed by atoms with Gasteiger partial charge in [-0.05, 0) is 30.9 Å². The first kappa shape index (κ1) is 16.5. The predicted octanol–water partition coefficient (Wildman–Crippen LogP) is 1.43. The van der Waals surface area contributed by atoms with Crippen LogP contribution in [0.1, 0.15) is 13.8 Å². The van der Waals surface area contributed by atoms with Crippen LogP contribution in [-0.4, -0.2) is 58.6 Å². The zero-order chi connectivity index (χ0) is 18.0. The standard InChI is InChI=1S/C14H17N9O2/c1-4-21(5-2)9-16-10-6-7-11-17-18-14(22(11)19-10)13-15-8-12(20(13)3)23(24)25/h6-9H,4-5H2,1-3H3. The third-order valence-electron chi connectivity index (χ3n) is 3.77. The Morgan fingerprint density at radius 2 is 2.04 bits per heavy atom. The molecular weight excluding hydrogens is 326 g/mol. The van der Waals surface area contributed by atoms with Crippen molar-refractivity contribution < 1.29 is 4.92 Å². The molecule has 0 fully saturated rings. The van der Waals surface area contributed by atoms with Gasteiger partial charge in [0.1, 0.15) is 6.20 Å². The van der Waals surface area contributed by atoms with Gasteiger partial charge in [-0.15, -0.1) is 15.3 Å². The number of aromatic nitrogens is 6. The molecule has 0 bridgehead atoms. The summed E-state index contributed by atoms with van der Waals surface area (Å²) in [5.74, 6) is 0.952. The molecule has 3 aromatic rings. The maximum Gasteiger partial charge on any atom is 0.343 e. The number of nitrogens with zero attached hydrogens (tertiary/aromatic N) is 9. The van der Waals surface area contributed by atoms with Crippen LogP contribution in [0.5, 0.6) is 0 Å². The lowest BCUT2D eigenvalue weighted by Gasteiger charge is -2.12. The topological polar surface area (TPSA) is 120 Å². The lowest BCUT2D eigenvalue weighted by molar-refractivity contribution is -0.391. The summed E-state index contributed by atoms with van der Waals surface area (Å²) in [6.45, 7) is 5.77. The van der Waals surface area contributed by atoms with Gasteiger partial charge in [-0.25, -0.2) is 14.5 Å². The van der Waals surface area contributed by atoms with Gasteiger partial charge in [0.2, 0.25) is 5.82 Å². The molecule has 0 radical (unpaired) electrons. The molecule has 0 saturated carbocycles. The Morgan fingerprint density at radius 1 is 1.28 bits per heavy atom. The molecule has 0 aliphatic heterocycles. The minimum absolute atomic E-state index is 0.137. The minimum atomic E-state index is -0.507. The second kappa shape index (κ2) is 6.63. The highest BCUT2D eigenvalue weighted by atomic mass is 16.6. The first-order chi connectivity index (χ1) is 12.0. The van der Waals surface area contributed by atoms with Crippen LogP contribution in [0.2, 0.25) is 0 Å². The quantitative estimate of drug-likeness (QED) is 0.287. The predicted molar refractivity (Wildman–Crippen MR) is 90.7 cm³/mol. The number of hydrogen-bond acceptors (Lipinski definition) is 7.